The van der Waals surface area contributed by atoms with Gasteiger partial charge in [-0.15, -0.1) is 0 Å². The van der Waals surface area contributed by atoms with Gasteiger partial charge in [0.15, 0.2) is 0 Å². The van der Waals surface area contributed by atoms with Crippen LogP contribution in [-0.4, -0.2) is 13.1 Å². The molecule has 2 N–H and O–H groups in total. The lowest BCUT2D eigenvalue weighted by Gasteiger charge is -2.35. The normalized spacial score (nSPS) is 25.1. The van der Waals surface area contributed by atoms with Crippen LogP contribution in [0.5, 0.6) is 0 Å². The fraction of sp³-hybridized carbons (Fsp3) is 0.647. The van der Waals surface area contributed by atoms with E-state index < -0.39 is 0 Å². The van der Waals surface area contributed by atoms with E-state index in [-0.39, 0.29) is 6.04 Å². The second-order valence-corrected chi connectivity index (χ2v) is 6.14. The van der Waals surface area contributed by atoms with Crippen molar-refractivity contribution in [3.63, 3.8) is 0 Å². The Morgan fingerprint density at radius 1 is 1.26 bits per heavy atom. The zero-order valence-corrected chi connectivity index (χ0v) is 12.6. The molecular weight excluding hydrogens is 232 g/mol. The van der Waals surface area contributed by atoms with E-state index in [1.54, 1.807) is 0 Å². The third-order valence-corrected chi connectivity index (χ3v) is 4.62. The van der Waals surface area contributed by atoms with E-state index in [0.717, 1.165) is 12.3 Å². The number of nitrogens with zero attached hydrogens (tertiary/aromatic N) is 1. The predicted octanol–water partition coefficient (Wildman–Crippen LogP) is 4.11. The van der Waals surface area contributed by atoms with Crippen LogP contribution in [0.25, 0.3) is 0 Å². The van der Waals surface area contributed by atoms with Crippen LogP contribution in [-0.2, 0) is 0 Å². The fourth-order valence-corrected chi connectivity index (χ4v) is 3.16. The number of rotatable bonds is 4. The molecule has 2 nitrogen and oxygen atoms in total. The number of nitrogens with two attached hydrogens (primary N) is 1. The first kappa shape index (κ1) is 14.4. The first-order chi connectivity index (χ1) is 9.11. The van der Waals surface area contributed by atoms with Gasteiger partial charge in [0.2, 0.25) is 0 Å². The van der Waals surface area contributed by atoms with E-state index in [1.165, 1.54) is 36.9 Å². The second kappa shape index (κ2) is 6.42. The maximum atomic E-state index is 6.07. The van der Waals surface area contributed by atoms with Crippen molar-refractivity contribution in [1.29, 1.82) is 0 Å². The van der Waals surface area contributed by atoms with Gasteiger partial charge >= 0.3 is 0 Å². The van der Waals surface area contributed by atoms with E-state index in [1.807, 2.05) is 0 Å². The smallest absolute Gasteiger partial charge is 0.0366 e. The third-order valence-electron chi connectivity index (χ3n) is 4.62. The van der Waals surface area contributed by atoms with Crippen molar-refractivity contribution in [2.24, 2.45) is 11.7 Å². The van der Waals surface area contributed by atoms with Crippen LogP contribution in [0, 0.1) is 5.92 Å². The molecule has 2 rings (SSSR count). The van der Waals surface area contributed by atoms with Crippen molar-refractivity contribution >= 4 is 5.69 Å². The van der Waals surface area contributed by atoms with Crippen molar-refractivity contribution in [2.75, 3.05) is 11.9 Å². The van der Waals surface area contributed by atoms with E-state index in [0.29, 0.717) is 6.04 Å². The van der Waals surface area contributed by atoms with E-state index in [2.05, 4.69) is 50.1 Å². The summed E-state index contributed by atoms with van der Waals surface area (Å²) in [5.74, 6) is 0.869. The Labute approximate surface area is 118 Å². The Bertz CT molecular complexity index is 385. The molecule has 1 aromatic carbocycles. The zero-order valence-electron chi connectivity index (χ0n) is 12.6. The Morgan fingerprint density at radius 3 is 2.53 bits per heavy atom. The van der Waals surface area contributed by atoms with Gasteiger partial charge in [0.1, 0.15) is 0 Å². The van der Waals surface area contributed by atoms with Gasteiger partial charge in [0, 0.05) is 24.8 Å². The number of hydrogen-bond donors (Lipinski definition) is 1. The summed E-state index contributed by atoms with van der Waals surface area (Å²) in [6, 6.07) is 9.70. The maximum Gasteiger partial charge on any atom is 0.0366 e. The minimum absolute atomic E-state index is 0.175. The minimum atomic E-state index is 0.175. The molecular formula is C17H28N2. The summed E-state index contributed by atoms with van der Waals surface area (Å²) in [6.07, 6.45) is 6.42. The lowest BCUT2D eigenvalue weighted by atomic mass is 9.86. The molecule has 0 spiro atoms. The molecule has 19 heavy (non-hydrogen) atoms. The lowest BCUT2D eigenvalue weighted by molar-refractivity contribution is 0.336. The molecule has 3 atom stereocenters. The Balaban J connectivity index is 2.04. The minimum Gasteiger partial charge on any atom is -0.372 e. The number of benzene rings is 1. The van der Waals surface area contributed by atoms with Gasteiger partial charge in [-0.05, 0) is 42.9 Å². The number of anilines is 1. The third kappa shape index (κ3) is 3.50. The Kier molecular flexibility index (Phi) is 4.87. The highest BCUT2D eigenvalue weighted by Crippen LogP contribution is 2.30. The van der Waals surface area contributed by atoms with Crippen LogP contribution in [0.4, 0.5) is 5.69 Å². The van der Waals surface area contributed by atoms with Crippen molar-refractivity contribution in [3.05, 3.63) is 29.8 Å². The largest absolute Gasteiger partial charge is 0.372 e. The molecule has 106 valence electrons. The molecule has 0 radical (unpaired) electrons. The summed E-state index contributed by atoms with van der Waals surface area (Å²) in [7, 11) is 2.23. The molecule has 1 fully saturated rings. The molecule has 1 saturated carbocycles. The van der Waals surface area contributed by atoms with Crippen LogP contribution in [0.3, 0.4) is 0 Å². The zero-order chi connectivity index (χ0) is 13.8. The van der Waals surface area contributed by atoms with Crippen molar-refractivity contribution in [3.8, 4) is 0 Å². The molecule has 2 heteroatoms. The Hall–Kier alpha value is -1.02. The van der Waals surface area contributed by atoms with Crippen LogP contribution in [0.1, 0.15) is 57.6 Å². The van der Waals surface area contributed by atoms with Gasteiger partial charge in [-0.1, -0.05) is 38.8 Å². The molecule has 1 aromatic rings. The van der Waals surface area contributed by atoms with Crippen molar-refractivity contribution in [2.45, 2.75) is 58.0 Å². The van der Waals surface area contributed by atoms with Gasteiger partial charge in [0.25, 0.3) is 0 Å². The average Bonchev–Trinajstić information content (AvgIpc) is 2.46. The first-order valence-electron chi connectivity index (χ1n) is 7.70. The van der Waals surface area contributed by atoms with Crippen molar-refractivity contribution < 1.29 is 0 Å². The molecule has 2 unspecified atom stereocenters. The molecule has 0 saturated heterocycles. The maximum absolute atomic E-state index is 6.07. The molecule has 0 amide bonds. The standard InChI is InChI=1S/C17H28N2/c1-4-17(18)14-8-10-15(11-9-14)19(3)16-7-5-6-13(2)12-16/h8-11,13,16-17H,4-7,12,18H2,1-3H3/t13?,16?,17-/m0/s1. The highest BCUT2D eigenvalue weighted by molar-refractivity contribution is 5.48. The summed E-state index contributed by atoms with van der Waals surface area (Å²) in [6.45, 7) is 4.51. The highest BCUT2D eigenvalue weighted by atomic mass is 15.1. The summed E-state index contributed by atoms with van der Waals surface area (Å²) in [4.78, 5) is 2.46. The predicted molar refractivity (Wildman–Crippen MR) is 83.5 cm³/mol. The molecule has 0 bridgehead atoms. The molecule has 1 aliphatic carbocycles. The summed E-state index contributed by atoms with van der Waals surface area (Å²) < 4.78 is 0. The van der Waals surface area contributed by atoms with E-state index in [4.69, 9.17) is 5.73 Å². The van der Waals surface area contributed by atoms with Crippen LogP contribution in [0.15, 0.2) is 24.3 Å². The summed E-state index contributed by atoms with van der Waals surface area (Å²) in [5, 5.41) is 0. The topological polar surface area (TPSA) is 29.3 Å². The van der Waals surface area contributed by atoms with Gasteiger partial charge in [0.05, 0.1) is 0 Å². The van der Waals surface area contributed by atoms with Gasteiger partial charge in [-0.3, -0.25) is 0 Å². The van der Waals surface area contributed by atoms with Crippen LogP contribution >= 0.6 is 0 Å². The fourth-order valence-electron chi connectivity index (χ4n) is 3.16. The summed E-state index contributed by atoms with van der Waals surface area (Å²) >= 11 is 0. The number of hydrogen-bond acceptors (Lipinski definition) is 2. The monoisotopic (exact) mass is 260 g/mol. The van der Waals surface area contributed by atoms with Gasteiger partial charge in [-0.25, -0.2) is 0 Å². The molecule has 0 aromatic heterocycles. The molecule has 0 heterocycles. The van der Waals surface area contributed by atoms with Crippen LogP contribution < -0.4 is 10.6 Å². The van der Waals surface area contributed by atoms with E-state index in [9.17, 15) is 0 Å². The highest BCUT2D eigenvalue weighted by Gasteiger charge is 2.22. The molecule has 1 aliphatic rings. The van der Waals surface area contributed by atoms with Crippen molar-refractivity contribution in [1.82, 2.24) is 0 Å². The SMILES string of the molecule is CC[C@H](N)c1ccc(N(C)C2CCCC(C)C2)cc1. The average molecular weight is 260 g/mol. The van der Waals surface area contributed by atoms with Crippen LogP contribution in [0.2, 0.25) is 0 Å². The van der Waals surface area contributed by atoms with E-state index >= 15 is 0 Å². The Morgan fingerprint density at radius 2 is 1.95 bits per heavy atom. The van der Waals surface area contributed by atoms with Gasteiger partial charge < -0.3 is 10.6 Å². The first-order valence-corrected chi connectivity index (χ1v) is 7.70. The summed E-state index contributed by atoms with van der Waals surface area (Å²) in [5.41, 5.74) is 8.64. The van der Waals surface area contributed by atoms with Gasteiger partial charge in [-0.2, -0.15) is 0 Å². The second-order valence-electron chi connectivity index (χ2n) is 6.14. The quantitative estimate of drug-likeness (QED) is 0.882. The lowest BCUT2D eigenvalue weighted by Crippen LogP contribution is -2.35. The molecule has 0 aliphatic heterocycles.